The molecule has 1 rings (SSSR count). The number of hydrogen-bond acceptors (Lipinski definition) is 3. The Morgan fingerprint density at radius 3 is 2.75 bits per heavy atom. The van der Waals surface area contributed by atoms with Crippen molar-refractivity contribution >= 4 is 12.0 Å². The summed E-state index contributed by atoms with van der Waals surface area (Å²) < 4.78 is 5.47. The summed E-state index contributed by atoms with van der Waals surface area (Å²) in [5.41, 5.74) is 0. The molecule has 6 heteroatoms. The third-order valence-corrected chi connectivity index (χ3v) is 3.48. The lowest BCUT2D eigenvalue weighted by Gasteiger charge is -2.18. The Balaban J connectivity index is 1.97. The molecule has 0 heterocycles. The van der Waals surface area contributed by atoms with E-state index in [1.165, 1.54) is 12.8 Å². The van der Waals surface area contributed by atoms with Crippen LogP contribution >= 0.6 is 0 Å². The number of aliphatic carboxylic acids is 1. The fraction of sp³-hybridized carbons (Fsp3) is 0.857. The minimum absolute atomic E-state index is 0.136. The summed E-state index contributed by atoms with van der Waals surface area (Å²) in [6, 6.07) is -0.136. The van der Waals surface area contributed by atoms with Crippen molar-refractivity contribution < 1.29 is 19.4 Å². The van der Waals surface area contributed by atoms with E-state index in [-0.39, 0.29) is 11.9 Å². The Labute approximate surface area is 120 Å². The first kappa shape index (κ1) is 16.8. The maximum absolute atomic E-state index is 11.7. The van der Waals surface area contributed by atoms with Crippen LogP contribution in [0.2, 0.25) is 0 Å². The first-order chi connectivity index (χ1) is 9.50. The lowest BCUT2D eigenvalue weighted by Crippen LogP contribution is -2.39. The largest absolute Gasteiger partial charge is 0.481 e. The number of rotatable bonds is 10. The van der Waals surface area contributed by atoms with Crippen LogP contribution in [0.1, 0.15) is 32.6 Å². The molecule has 1 aliphatic carbocycles. The van der Waals surface area contributed by atoms with E-state index in [9.17, 15) is 9.59 Å². The second-order valence-corrected chi connectivity index (χ2v) is 5.55. The third-order valence-electron chi connectivity index (χ3n) is 3.48. The van der Waals surface area contributed by atoms with Gasteiger partial charge in [0.05, 0.1) is 12.5 Å². The predicted molar refractivity (Wildman–Crippen MR) is 75.6 cm³/mol. The van der Waals surface area contributed by atoms with E-state index in [0.717, 1.165) is 12.5 Å². The van der Waals surface area contributed by atoms with Crippen LogP contribution in [0.3, 0.4) is 0 Å². The van der Waals surface area contributed by atoms with Gasteiger partial charge >= 0.3 is 12.0 Å². The van der Waals surface area contributed by atoms with E-state index in [1.54, 1.807) is 18.9 Å². The maximum atomic E-state index is 11.7. The van der Waals surface area contributed by atoms with Gasteiger partial charge < -0.3 is 20.1 Å². The molecule has 116 valence electrons. The molecule has 0 aromatic carbocycles. The first-order valence-electron chi connectivity index (χ1n) is 7.30. The van der Waals surface area contributed by atoms with Crippen molar-refractivity contribution in [2.24, 2.45) is 11.8 Å². The number of amides is 2. The van der Waals surface area contributed by atoms with E-state index in [4.69, 9.17) is 9.84 Å². The van der Waals surface area contributed by atoms with Crippen LogP contribution in [0.15, 0.2) is 0 Å². The minimum atomic E-state index is -0.791. The predicted octanol–water partition coefficient (Wildman–Crippen LogP) is 1.56. The summed E-state index contributed by atoms with van der Waals surface area (Å²) in [5.74, 6) is -0.410. The highest BCUT2D eigenvalue weighted by molar-refractivity contribution is 5.73. The van der Waals surface area contributed by atoms with Gasteiger partial charge in [-0.15, -0.1) is 0 Å². The van der Waals surface area contributed by atoms with E-state index in [1.807, 2.05) is 0 Å². The third kappa shape index (κ3) is 7.33. The number of carboxylic acid groups (broad SMARTS) is 1. The number of carboxylic acids is 1. The summed E-state index contributed by atoms with van der Waals surface area (Å²) in [5, 5.41) is 11.5. The first-order valence-corrected chi connectivity index (χ1v) is 7.30. The Morgan fingerprint density at radius 2 is 2.15 bits per heavy atom. The Bertz CT molecular complexity index is 318. The number of carbonyl (C=O) groups is 2. The van der Waals surface area contributed by atoms with E-state index in [0.29, 0.717) is 32.5 Å². The highest BCUT2D eigenvalue weighted by atomic mass is 16.5. The molecule has 0 saturated heterocycles. The van der Waals surface area contributed by atoms with Gasteiger partial charge in [0.1, 0.15) is 0 Å². The molecule has 2 amide bonds. The average molecular weight is 286 g/mol. The van der Waals surface area contributed by atoms with Crippen molar-refractivity contribution in [3.05, 3.63) is 0 Å². The van der Waals surface area contributed by atoms with Crippen LogP contribution in [0.4, 0.5) is 4.79 Å². The number of nitrogens with one attached hydrogen (secondary N) is 1. The number of carbonyl (C=O) groups excluding carboxylic acids is 1. The molecule has 0 radical (unpaired) electrons. The number of urea groups is 1. The second kappa shape index (κ2) is 8.79. The van der Waals surface area contributed by atoms with Crippen LogP contribution in [0, 0.1) is 11.8 Å². The van der Waals surface area contributed by atoms with Crippen LogP contribution in [-0.4, -0.2) is 55.4 Å². The molecule has 0 aliphatic heterocycles. The van der Waals surface area contributed by atoms with Gasteiger partial charge in [-0.2, -0.15) is 0 Å². The topological polar surface area (TPSA) is 78.9 Å². The highest BCUT2D eigenvalue weighted by Gasteiger charge is 2.21. The van der Waals surface area contributed by atoms with Crippen molar-refractivity contribution in [2.45, 2.75) is 32.6 Å². The SMILES string of the molecule is CC(CCCNC(=O)N(C)CCOCC1CC1)C(=O)O. The molecule has 1 saturated carbocycles. The molecule has 0 bridgehead atoms. The van der Waals surface area contributed by atoms with Crippen LogP contribution < -0.4 is 5.32 Å². The lowest BCUT2D eigenvalue weighted by molar-refractivity contribution is -0.141. The number of nitrogens with zero attached hydrogens (tertiary/aromatic N) is 1. The summed E-state index contributed by atoms with van der Waals surface area (Å²) >= 11 is 0. The zero-order valence-electron chi connectivity index (χ0n) is 12.4. The summed E-state index contributed by atoms with van der Waals surface area (Å²) in [4.78, 5) is 23.9. The molecule has 1 fully saturated rings. The number of hydrogen-bond donors (Lipinski definition) is 2. The molecular formula is C14H26N2O4. The molecule has 20 heavy (non-hydrogen) atoms. The quantitative estimate of drug-likeness (QED) is 0.597. The summed E-state index contributed by atoms with van der Waals surface area (Å²) in [7, 11) is 1.73. The monoisotopic (exact) mass is 286 g/mol. The van der Waals surface area contributed by atoms with Gasteiger partial charge in [0.15, 0.2) is 0 Å². The smallest absolute Gasteiger partial charge is 0.317 e. The summed E-state index contributed by atoms with van der Waals surface area (Å²) in [6.45, 7) is 4.13. The van der Waals surface area contributed by atoms with Crippen molar-refractivity contribution in [1.82, 2.24) is 10.2 Å². The van der Waals surface area contributed by atoms with Crippen molar-refractivity contribution in [1.29, 1.82) is 0 Å². The molecule has 0 aromatic rings. The normalized spacial score (nSPS) is 15.7. The maximum Gasteiger partial charge on any atom is 0.317 e. The minimum Gasteiger partial charge on any atom is -0.481 e. The van der Waals surface area contributed by atoms with Gasteiger partial charge in [-0.1, -0.05) is 6.92 Å². The Hall–Kier alpha value is -1.30. The van der Waals surface area contributed by atoms with Gasteiger partial charge in [0, 0.05) is 26.7 Å². The molecular weight excluding hydrogens is 260 g/mol. The van der Waals surface area contributed by atoms with Crippen molar-refractivity contribution in [2.75, 3.05) is 33.4 Å². The van der Waals surface area contributed by atoms with E-state index in [2.05, 4.69) is 5.32 Å². The van der Waals surface area contributed by atoms with Crippen molar-refractivity contribution in [3.63, 3.8) is 0 Å². The zero-order chi connectivity index (χ0) is 15.0. The fourth-order valence-corrected chi connectivity index (χ4v) is 1.70. The molecule has 1 atom stereocenters. The van der Waals surface area contributed by atoms with Crippen LogP contribution in [0.25, 0.3) is 0 Å². The standard InChI is InChI=1S/C14H26N2O4/c1-11(13(17)18)4-3-7-15-14(19)16(2)8-9-20-10-12-5-6-12/h11-12H,3-10H2,1-2H3,(H,15,19)(H,17,18). The van der Waals surface area contributed by atoms with Gasteiger partial charge in [0.2, 0.25) is 0 Å². The molecule has 2 N–H and O–H groups in total. The second-order valence-electron chi connectivity index (χ2n) is 5.55. The molecule has 1 unspecified atom stereocenters. The van der Waals surface area contributed by atoms with Crippen LogP contribution in [0.5, 0.6) is 0 Å². The van der Waals surface area contributed by atoms with E-state index >= 15 is 0 Å². The molecule has 6 nitrogen and oxygen atoms in total. The van der Waals surface area contributed by atoms with E-state index < -0.39 is 5.97 Å². The zero-order valence-corrected chi connectivity index (χ0v) is 12.4. The molecule has 0 aromatic heterocycles. The lowest BCUT2D eigenvalue weighted by atomic mass is 10.1. The van der Waals surface area contributed by atoms with Crippen LogP contribution in [-0.2, 0) is 9.53 Å². The fourth-order valence-electron chi connectivity index (χ4n) is 1.70. The Kier molecular flexibility index (Phi) is 7.36. The number of likely N-dealkylation sites (N-methyl/N-ethyl adjacent to an activating group) is 1. The van der Waals surface area contributed by atoms with Gasteiger partial charge in [-0.3, -0.25) is 4.79 Å². The molecule has 1 aliphatic rings. The molecule has 0 spiro atoms. The highest BCUT2D eigenvalue weighted by Crippen LogP contribution is 2.28. The van der Waals surface area contributed by atoms with Gasteiger partial charge in [-0.05, 0) is 31.6 Å². The van der Waals surface area contributed by atoms with Crippen molar-refractivity contribution in [3.8, 4) is 0 Å². The Morgan fingerprint density at radius 1 is 1.45 bits per heavy atom. The average Bonchev–Trinajstić information content (AvgIpc) is 3.22. The van der Waals surface area contributed by atoms with Gasteiger partial charge in [0.25, 0.3) is 0 Å². The van der Waals surface area contributed by atoms with Gasteiger partial charge in [-0.25, -0.2) is 4.79 Å². The summed E-state index contributed by atoms with van der Waals surface area (Å²) in [6.07, 6.45) is 3.78. The number of ether oxygens (including phenoxy) is 1.